The second-order valence-corrected chi connectivity index (χ2v) is 10.3. The number of hydrogen-bond donors (Lipinski definition) is 2. The van der Waals surface area contributed by atoms with Gasteiger partial charge in [0.25, 0.3) is 0 Å². The topological polar surface area (TPSA) is 152 Å². The largest absolute Gasteiger partial charge is 0.494 e. The molecule has 2 aromatic heterocycles. The molecule has 2 heterocycles. The maximum Gasteiger partial charge on any atom is 0.243 e. The van der Waals surface area contributed by atoms with Crippen LogP contribution in [0.15, 0.2) is 52.9 Å². The Bertz CT molecular complexity index is 1600. The molecule has 11 nitrogen and oxygen atoms in total. The highest BCUT2D eigenvalue weighted by Crippen LogP contribution is 2.38. The fourth-order valence-corrected chi connectivity index (χ4v) is 4.87. The van der Waals surface area contributed by atoms with Crippen molar-refractivity contribution in [1.82, 2.24) is 14.8 Å². The maximum absolute atomic E-state index is 14.5. The molecule has 0 bridgehead atoms. The summed E-state index contributed by atoms with van der Waals surface area (Å²) in [7, 11) is -1.52. The van der Waals surface area contributed by atoms with E-state index < -0.39 is 27.2 Å². The van der Waals surface area contributed by atoms with E-state index in [-0.39, 0.29) is 28.6 Å². The van der Waals surface area contributed by atoms with Crippen LogP contribution < -0.4 is 14.2 Å². The Morgan fingerprint density at radius 1 is 1.13 bits per heavy atom. The molecule has 2 aromatic carbocycles. The summed E-state index contributed by atoms with van der Waals surface area (Å²) in [4.78, 5) is 0. The molecule has 0 saturated heterocycles. The van der Waals surface area contributed by atoms with Crippen LogP contribution in [0.5, 0.6) is 11.5 Å². The molecule has 38 heavy (non-hydrogen) atoms. The van der Waals surface area contributed by atoms with Gasteiger partial charge < -0.3 is 19.0 Å². The molecule has 0 fully saturated rings. The van der Waals surface area contributed by atoms with E-state index in [1.807, 2.05) is 0 Å². The Morgan fingerprint density at radius 2 is 1.82 bits per heavy atom. The molecule has 198 valence electrons. The maximum atomic E-state index is 14.5. The van der Waals surface area contributed by atoms with Crippen LogP contribution in [0.25, 0.3) is 17.3 Å². The average Bonchev–Trinajstić information content (AvgIpc) is 3.52. The Kier molecular flexibility index (Phi) is 7.38. The number of nitrogens with one attached hydrogen (secondary N) is 1. The van der Waals surface area contributed by atoms with Crippen molar-refractivity contribution in [2.24, 2.45) is 0 Å². The highest BCUT2D eigenvalue weighted by Gasteiger charge is 2.34. The quantitative estimate of drug-likeness (QED) is 0.323. The van der Waals surface area contributed by atoms with Crippen molar-refractivity contribution in [2.45, 2.75) is 25.2 Å². The van der Waals surface area contributed by atoms with Crippen LogP contribution >= 0.6 is 0 Å². The first-order valence-electron chi connectivity index (χ1n) is 11.2. The zero-order valence-electron chi connectivity index (χ0n) is 20.8. The van der Waals surface area contributed by atoms with E-state index in [0.29, 0.717) is 23.0 Å². The number of methoxy groups -OCH3 is 2. The molecule has 0 saturated carbocycles. The molecule has 0 aliphatic heterocycles. The van der Waals surface area contributed by atoms with Gasteiger partial charge >= 0.3 is 0 Å². The Labute approximate surface area is 218 Å². The van der Waals surface area contributed by atoms with Gasteiger partial charge in [-0.1, -0.05) is 12.1 Å². The predicted octanol–water partition coefficient (Wildman–Crippen LogP) is 3.73. The fourth-order valence-electron chi connectivity index (χ4n) is 3.81. The number of aromatic nitrogens is 3. The number of sulfonamides is 1. The van der Waals surface area contributed by atoms with Crippen LogP contribution in [-0.2, 0) is 10.0 Å². The highest BCUT2D eigenvalue weighted by molar-refractivity contribution is 7.93. The van der Waals surface area contributed by atoms with Crippen LogP contribution in [0.1, 0.15) is 29.9 Å². The third-order valence-electron chi connectivity index (χ3n) is 5.87. The molecule has 2 N–H and O–H groups in total. The number of nitriles is 1. The lowest BCUT2D eigenvalue weighted by Crippen LogP contribution is -2.32. The van der Waals surface area contributed by atoms with Crippen molar-refractivity contribution in [1.29, 1.82) is 5.26 Å². The molecule has 13 heteroatoms. The third kappa shape index (κ3) is 4.91. The summed E-state index contributed by atoms with van der Waals surface area (Å²) in [5.41, 5.74) is 0.0451. The molecule has 2 atom stereocenters. The number of para-hydroxylation sites is 1. The molecule has 0 radical (unpaired) electrons. The van der Waals surface area contributed by atoms with Gasteiger partial charge in [-0.15, -0.1) is 10.2 Å². The van der Waals surface area contributed by atoms with Crippen molar-refractivity contribution in [3.8, 4) is 34.8 Å². The molecule has 4 aromatic rings. The molecule has 4 rings (SSSR count). The van der Waals surface area contributed by atoms with Gasteiger partial charge in [-0.05, 0) is 50.2 Å². The molecule has 0 aliphatic rings. The van der Waals surface area contributed by atoms with Crippen LogP contribution in [0, 0.1) is 24.1 Å². The first kappa shape index (κ1) is 26.6. The van der Waals surface area contributed by atoms with Crippen molar-refractivity contribution in [3.05, 3.63) is 71.2 Å². The standard InChI is InChI=1S/C25H24FN5O6S/c1-14-8-11-21(37-14)24-28-29-25(31(24)22-19(35-3)6-5-7-20(22)36-4)30-38(33,34)15(2)23(32)17-10-9-16(13-27)12-18(17)26/h5-12,15,23,32H,1-4H3,(H,29,30)/t15-,23+/m0/s1. The zero-order valence-corrected chi connectivity index (χ0v) is 21.7. The lowest BCUT2D eigenvalue weighted by molar-refractivity contribution is 0.171. The second-order valence-electron chi connectivity index (χ2n) is 8.25. The number of hydrogen-bond acceptors (Lipinski definition) is 9. The number of nitrogens with zero attached hydrogens (tertiary/aromatic N) is 4. The smallest absolute Gasteiger partial charge is 0.243 e. The van der Waals surface area contributed by atoms with E-state index in [1.54, 1.807) is 43.3 Å². The highest BCUT2D eigenvalue weighted by atomic mass is 32.2. The van der Waals surface area contributed by atoms with Gasteiger partial charge in [0, 0.05) is 5.56 Å². The van der Waals surface area contributed by atoms with Crippen molar-refractivity contribution in [3.63, 3.8) is 0 Å². The van der Waals surface area contributed by atoms with Gasteiger partial charge in [0.2, 0.25) is 21.8 Å². The molecular formula is C25H24FN5O6S. The molecular weight excluding hydrogens is 517 g/mol. The van der Waals surface area contributed by atoms with Gasteiger partial charge in [0.1, 0.15) is 40.1 Å². The Balaban J connectivity index is 1.81. The SMILES string of the molecule is COc1cccc(OC)c1-n1c(NS(=O)(=O)[C@@H](C)[C@@H](O)c2ccc(C#N)cc2F)nnc1-c1ccc(C)o1. The van der Waals surface area contributed by atoms with Gasteiger partial charge in [-0.3, -0.25) is 9.29 Å². The fraction of sp³-hybridized carbons (Fsp3) is 0.240. The van der Waals surface area contributed by atoms with Crippen molar-refractivity contribution < 1.29 is 31.8 Å². The number of aryl methyl sites for hydroxylation is 1. The Morgan fingerprint density at radius 3 is 2.37 bits per heavy atom. The summed E-state index contributed by atoms with van der Waals surface area (Å²) in [6.07, 6.45) is -1.76. The van der Waals surface area contributed by atoms with Gasteiger partial charge in [0.05, 0.1) is 25.9 Å². The summed E-state index contributed by atoms with van der Waals surface area (Å²) < 4.78 is 61.7. The van der Waals surface area contributed by atoms with E-state index in [9.17, 15) is 17.9 Å². The number of aliphatic hydroxyl groups is 1. The number of aliphatic hydroxyl groups excluding tert-OH is 1. The normalized spacial score (nSPS) is 13.0. The summed E-state index contributed by atoms with van der Waals surface area (Å²) in [6.45, 7) is 2.95. The molecule has 0 spiro atoms. The van der Waals surface area contributed by atoms with E-state index in [4.69, 9.17) is 19.2 Å². The van der Waals surface area contributed by atoms with E-state index >= 15 is 0 Å². The van der Waals surface area contributed by atoms with Crippen molar-refractivity contribution in [2.75, 3.05) is 18.9 Å². The average molecular weight is 542 g/mol. The van der Waals surface area contributed by atoms with Crippen molar-refractivity contribution >= 4 is 16.0 Å². The van der Waals surface area contributed by atoms with Crippen LogP contribution in [0.3, 0.4) is 0 Å². The van der Waals surface area contributed by atoms with Gasteiger partial charge in [0.15, 0.2) is 5.76 Å². The summed E-state index contributed by atoms with van der Waals surface area (Å²) in [5.74, 6) is 0.506. The number of furan rings is 1. The summed E-state index contributed by atoms with van der Waals surface area (Å²) in [5, 5.41) is 26.3. The predicted molar refractivity (Wildman–Crippen MR) is 135 cm³/mol. The lowest BCUT2D eigenvalue weighted by atomic mass is 10.0. The Hall–Kier alpha value is -4.41. The molecule has 0 aliphatic carbocycles. The first-order chi connectivity index (χ1) is 18.1. The lowest BCUT2D eigenvalue weighted by Gasteiger charge is -2.22. The van der Waals surface area contributed by atoms with Crippen LogP contribution in [-0.4, -0.2) is 47.8 Å². The number of rotatable bonds is 9. The summed E-state index contributed by atoms with van der Waals surface area (Å²) >= 11 is 0. The minimum Gasteiger partial charge on any atom is -0.494 e. The van der Waals surface area contributed by atoms with Gasteiger partial charge in [-0.2, -0.15) is 5.26 Å². The van der Waals surface area contributed by atoms with E-state index in [0.717, 1.165) is 6.07 Å². The number of ether oxygens (including phenoxy) is 2. The van der Waals surface area contributed by atoms with Gasteiger partial charge in [-0.25, -0.2) is 12.8 Å². The third-order valence-corrected chi connectivity index (χ3v) is 7.57. The number of benzene rings is 2. The molecule has 0 amide bonds. The summed E-state index contributed by atoms with van der Waals surface area (Å²) in [6, 6.07) is 13.5. The van der Waals surface area contributed by atoms with E-state index in [2.05, 4.69) is 14.9 Å². The minimum atomic E-state index is -4.39. The first-order valence-corrected chi connectivity index (χ1v) is 12.8. The number of halogens is 1. The monoisotopic (exact) mass is 541 g/mol. The van der Waals surface area contributed by atoms with Crippen LogP contribution in [0.4, 0.5) is 10.3 Å². The second kappa shape index (κ2) is 10.5. The minimum absolute atomic E-state index is 0.0339. The van der Waals surface area contributed by atoms with Crippen LogP contribution in [0.2, 0.25) is 0 Å². The van der Waals surface area contributed by atoms with E-state index in [1.165, 1.54) is 37.8 Å². The molecule has 0 unspecified atom stereocenters. The zero-order chi connectivity index (χ0) is 27.6. The number of anilines is 1.